The smallest absolute Gasteiger partial charge is 0.264 e. The molecule has 0 spiro atoms. The summed E-state index contributed by atoms with van der Waals surface area (Å²) in [5, 5.41) is 0. The molecule has 1 aromatic carbocycles. The van der Waals surface area contributed by atoms with Gasteiger partial charge in [0.2, 0.25) is 5.78 Å². The molecule has 0 unspecified atom stereocenters. The number of oxazole rings is 1. The van der Waals surface area contributed by atoms with Gasteiger partial charge in [-0.3, -0.25) is 9.78 Å². The van der Waals surface area contributed by atoms with Crippen molar-refractivity contribution in [1.82, 2.24) is 9.97 Å². The molecule has 0 fully saturated rings. The number of pyridine rings is 1. The summed E-state index contributed by atoms with van der Waals surface area (Å²) in [6.07, 6.45) is 3.48. The Morgan fingerprint density at radius 3 is 2.55 bits per heavy atom. The normalized spacial score (nSPS) is 10.4. The molecule has 2 aromatic heterocycles. The molecule has 4 nitrogen and oxygen atoms in total. The molecule has 0 aliphatic heterocycles. The number of hydrogen-bond donors (Lipinski definition) is 0. The van der Waals surface area contributed by atoms with E-state index in [1.165, 1.54) is 6.20 Å². The first-order chi connectivity index (χ1) is 9.83. The summed E-state index contributed by atoms with van der Waals surface area (Å²) in [6.45, 7) is 0. The summed E-state index contributed by atoms with van der Waals surface area (Å²) in [4.78, 5) is 20.3. The van der Waals surface area contributed by atoms with Crippen LogP contribution in [0.1, 0.15) is 16.2 Å². The van der Waals surface area contributed by atoms with E-state index in [4.69, 9.17) is 4.42 Å². The molecule has 0 saturated carbocycles. The summed E-state index contributed by atoms with van der Waals surface area (Å²) in [5.74, 6) is 0.481. The van der Waals surface area contributed by atoms with E-state index >= 15 is 0 Å². The quantitative estimate of drug-likeness (QED) is 0.679. The lowest BCUT2D eigenvalue weighted by atomic mass is 10.1. The maximum atomic E-state index is 12.1. The van der Waals surface area contributed by atoms with Crippen molar-refractivity contribution >= 4 is 5.78 Å². The van der Waals surface area contributed by atoms with Crippen LogP contribution in [-0.2, 0) is 6.42 Å². The first kappa shape index (κ1) is 12.3. The van der Waals surface area contributed by atoms with Crippen molar-refractivity contribution in [2.24, 2.45) is 0 Å². The third-order valence-electron chi connectivity index (χ3n) is 2.87. The fourth-order valence-corrected chi connectivity index (χ4v) is 1.89. The molecule has 20 heavy (non-hydrogen) atoms. The lowest BCUT2D eigenvalue weighted by Gasteiger charge is -1.97. The van der Waals surface area contributed by atoms with E-state index < -0.39 is 0 Å². The van der Waals surface area contributed by atoms with Gasteiger partial charge >= 0.3 is 0 Å². The summed E-state index contributed by atoms with van der Waals surface area (Å²) < 4.78 is 5.48. The van der Waals surface area contributed by atoms with Crippen LogP contribution in [0.5, 0.6) is 0 Å². The highest BCUT2D eigenvalue weighted by Gasteiger charge is 2.15. The van der Waals surface area contributed by atoms with Crippen LogP contribution in [-0.4, -0.2) is 15.8 Å². The Morgan fingerprint density at radius 1 is 1.00 bits per heavy atom. The van der Waals surface area contributed by atoms with E-state index in [1.807, 2.05) is 48.5 Å². The van der Waals surface area contributed by atoms with Crippen LogP contribution in [0, 0.1) is 0 Å². The van der Waals surface area contributed by atoms with E-state index in [2.05, 4.69) is 9.97 Å². The van der Waals surface area contributed by atoms with E-state index in [0.29, 0.717) is 11.5 Å². The van der Waals surface area contributed by atoms with Gasteiger partial charge < -0.3 is 4.42 Å². The molecule has 0 saturated heterocycles. The number of carbonyl (C=O) groups is 1. The maximum absolute atomic E-state index is 12.1. The van der Waals surface area contributed by atoms with Crippen LogP contribution >= 0.6 is 0 Å². The van der Waals surface area contributed by atoms with Crippen LogP contribution in [0.2, 0.25) is 0 Å². The zero-order chi connectivity index (χ0) is 13.8. The molecule has 0 aliphatic rings. The molecule has 0 bridgehead atoms. The minimum Gasteiger partial charge on any atom is -0.432 e. The number of rotatable bonds is 4. The van der Waals surface area contributed by atoms with E-state index in [-0.39, 0.29) is 18.1 Å². The minimum absolute atomic E-state index is 0.120. The Morgan fingerprint density at radius 2 is 1.80 bits per heavy atom. The zero-order valence-corrected chi connectivity index (χ0v) is 10.7. The minimum atomic E-state index is -0.140. The predicted molar refractivity (Wildman–Crippen MR) is 74.2 cm³/mol. The topological polar surface area (TPSA) is 56.0 Å². The van der Waals surface area contributed by atoms with Crippen LogP contribution < -0.4 is 0 Å². The SMILES string of the molecule is O=C(Cc1ccccc1)c1ncc(-c2ccccn2)o1. The molecule has 0 N–H and O–H groups in total. The van der Waals surface area contributed by atoms with Crippen molar-refractivity contribution in [3.8, 4) is 11.5 Å². The van der Waals surface area contributed by atoms with Gasteiger partial charge in [-0.2, -0.15) is 0 Å². The molecular formula is C16H12N2O2. The van der Waals surface area contributed by atoms with Gasteiger partial charge in [-0.1, -0.05) is 36.4 Å². The van der Waals surface area contributed by atoms with Crippen molar-refractivity contribution in [1.29, 1.82) is 0 Å². The maximum Gasteiger partial charge on any atom is 0.264 e. The highest BCUT2D eigenvalue weighted by molar-refractivity contribution is 5.93. The first-order valence-corrected chi connectivity index (χ1v) is 6.27. The van der Waals surface area contributed by atoms with Gasteiger partial charge in [-0.25, -0.2) is 4.98 Å². The van der Waals surface area contributed by atoms with E-state index in [0.717, 1.165) is 5.56 Å². The van der Waals surface area contributed by atoms with E-state index in [1.54, 1.807) is 6.20 Å². The summed E-state index contributed by atoms with van der Waals surface area (Å²) in [6, 6.07) is 15.0. The largest absolute Gasteiger partial charge is 0.432 e. The fraction of sp³-hybridized carbons (Fsp3) is 0.0625. The molecule has 0 amide bonds. The Bertz CT molecular complexity index is 706. The molecular weight excluding hydrogens is 252 g/mol. The van der Waals surface area contributed by atoms with E-state index in [9.17, 15) is 4.79 Å². The van der Waals surface area contributed by atoms with Crippen molar-refractivity contribution in [2.75, 3.05) is 0 Å². The highest BCUT2D eigenvalue weighted by atomic mass is 16.4. The van der Waals surface area contributed by atoms with Crippen LogP contribution in [0.25, 0.3) is 11.5 Å². The standard InChI is InChI=1S/C16H12N2O2/c19-14(10-12-6-2-1-3-7-12)16-18-11-15(20-16)13-8-4-5-9-17-13/h1-9,11H,10H2. The molecule has 98 valence electrons. The zero-order valence-electron chi connectivity index (χ0n) is 10.7. The Kier molecular flexibility index (Phi) is 3.37. The number of hydrogen-bond acceptors (Lipinski definition) is 4. The van der Waals surface area contributed by atoms with Crippen LogP contribution in [0.3, 0.4) is 0 Å². The summed E-state index contributed by atoms with van der Waals surface area (Å²) in [5.41, 5.74) is 1.61. The van der Waals surface area contributed by atoms with Gasteiger partial charge in [-0.05, 0) is 17.7 Å². The number of carbonyl (C=O) groups excluding carboxylic acids is 1. The molecule has 3 rings (SSSR count). The number of benzene rings is 1. The summed E-state index contributed by atoms with van der Waals surface area (Å²) >= 11 is 0. The third-order valence-corrected chi connectivity index (χ3v) is 2.87. The molecule has 0 aliphatic carbocycles. The highest BCUT2D eigenvalue weighted by Crippen LogP contribution is 2.18. The molecule has 2 heterocycles. The molecule has 0 atom stereocenters. The third kappa shape index (κ3) is 2.64. The number of aromatic nitrogens is 2. The Balaban J connectivity index is 1.79. The van der Waals surface area contributed by atoms with Gasteiger partial charge in [0.05, 0.1) is 6.20 Å². The summed E-state index contributed by atoms with van der Waals surface area (Å²) in [7, 11) is 0. The molecule has 4 heteroatoms. The van der Waals surface area contributed by atoms with Gasteiger partial charge in [-0.15, -0.1) is 0 Å². The number of nitrogens with zero attached hydrogens (tertiary/aromatic N) is 2. The average molecular weight is 264 g/mol. The van der Waals surface area contributed by atoms with Crippen molar-refractivity contribution < 1.29 is 9.21 Å². The van der Waals surface area contributed by atoms with Crippen LogP contribution in [0.15, 0.2) is 65.3 Å². The lowest BCUT2D eigenvalue weighted by Crippen LogP contribution is -2.03. The second kappa shape index (κ2) is 5.48. The Labute approximate surface area is 116 Å². The second-order valence-corrected chi connectivity index (χ2v) is 4.33. The monoisotopic (exact) mass is 264 g/mol. The molecule has 3 aromatic rings. The van der Waals surface area contributed by atoms with Gasteiger partial charge in [0, 0.05) is 12.6 Å². The van der Waals surface area contributed by atoms with Gasteiger partial charge in [0.1, 0.15) is 5.69 Å². The Hall–Kier alpha value is -2.75. The van der Waals surface area contributed by atoms with Crippen molar-refractivity contribution in [3.63, 3.8) is 0 Å². The lowest BCUT2D eigenvalue weighted by molar-refractivity contribution is 0.0960. The van der Waals surface area contributed by atoms with Crippen LogP contribution in [0.4, 0.5) is 0 Å². The first-order valence-electron chi connectivity index (χ1n) is 6.27. The fourth-order valence-electron chi connectivity index (χ4n) is 1.89. The average Bonchev–Trinajstić information content (AvgIpc) is 2.99. The van der Waals surface area contributed by atoms with Crippen molar-refractivity contribution in [3.05, 3.63) is 72.4 Å². The predicted octanol–water partition coefficient (Wildman–Crippen LogP) is 3.16. The van der Waals surface area contributed by atoms with Gasteiger partial charge in [0.15, 0.2) is 5.76 Å². The van der Waals surface area contributed by atoms with Crippen molar-refractivity contribution in [2.45, 2.75) is 6.42 Å². The number of Topliss-reactive ketones (excluding diaryl/α,β-unsaturated/α-hetero) is 1. The van der Waals surface area contributed by atoms with Gasteiger partial charge in [0.25, 0.3) is 5.89 Å². The molecule has 0 radical (unpaired) electrons. The number of ketones is 1. The second-order valence-electron chi connectivity index (χ2n) is 4.33.